The molecule has 0 amide bonds. The highest BCUT2D eigenvalue weighted by Crippen LogP contribution is 2.32. The lowest BCUT2D eigenvalue weighted by molar-refractivity contribution is -0.385. The molecule has 4 nitrogen and oxygen atoms in total. The Labute approximate surface area is 112 Å². The molecule has 0 fully saturated rings. The van der Waals surface area contributed by atoms with Gasteiger partial charge in [0.1, 0.15) is 0 Å². The van der Waals surface area contributed by atoms with Crippen LogP contribution >= 0.6 is 0 Å². The van der Waals surface area contributed by atoms with Crippen LogP contribution in [0.1, 0.15) is 24.8 Å². The first-order valence-electron chi connectivity index (χ1n) is 6.39. The molecule has 2 rings (SSSR count). The van der Waals surface area contributed by atoms with Crippen LogP contribution in [0.15, 0.2) is 42.5 Å². The fourth-order valence-corrected chi connectivity index (χ4v) is 2.18. The summed E-state index contributed by atoms with van der Waals surface area (Å²) < 4.78 is 0. The summed E-state index contributed by atoms with van der Waals surface area (Å²) in [6.45, 7) is 0.693. The molecular weight excluding hydrogens is 240 g/mol. The largest absolute Gasteiger partial charge is 0.330 e. The van der Waals surface area contributed by atoms with Gasteiger partial charge in [-0.25, -0.2) is 0 Å². The molecule has 1 aliphatic rings. The summed E-state index contributed by atoms with van der Waals surface area (Å²) in [6, 6.07) is 6.84. The molecular formula is C15H17N2O2. The van der Waals surface area contributed by atoms with Crippen LogP contribution in [-0.2, 0) is 0 Å². The third kappa shape index (κ3) is 3.29. The van der Waals surface area contributed by atoms with E-state index in [1.54, 1.807) is 12.1 Å². The van der Waals surface area contributed by atoms with Gasteiger partial charge in [-0.05, 0) is 37.4 Å². The Balaban J connectivity index is 2.15. The smallest absolute Gasteiger partial charge is 0.277 e. The van der Waals surface area contributed by atoms with Gasteiger partial charge in [0.15, 0.2) is 0 Å². The van der Waals surface area contributed by atoms with Crippen LogP contribution in [0.5, 0.6) is 0 Å². The van der Waals surface area contributed by atoms with Gasteiger partial charge in [-0.15, -0.1) is 0 Å². The second kappa shape index (κ2) is 6.29. The molecule has 0 saturated heterocycles. The molecule has 0 unspecified atom stereocenters. The number of allylic oxidation sites excluding steroid dienone is 4. The van der Waals surface area contributed by atoms with Crippen molar-refractivity contribution < 1.29 is 4.92 Å². The molecule has 1 aromatic rings. The molecule has 4 heteroatoms. The van der Waals surface area contributed by atoms with E-state index in [1.807, 2.05) is 18.2 Å². The van der Waals surface area contributed by atoms with Gasteiger partial charge in [0.2, 0.25) is 0 Å². The fraction of sp³-hybridized carbons (Fsp3) is 0.267. The Kier molecular flexibility index (Phi) is 4.47. The Hall–Kier alpha value is -1.94. The Morgan fingerprint density at radius 1 is 1.26 bits per heavy atom. The highest BCUT2D eigenvalue weighted by molar-refractivity contribution is 5.80. The van der Waals surface area contributed by atoms with E-state index in [1.165, 1.54) is 12.0 Å². The second-order valence-electron chi connectivity index (χ2n) is 4.52. The lowest BCUT2D eigenvalue weighted by Crippen LogP contribution is -2.04. The number of nitrogens with zero attached hydrogens (tertiary/aromatic N) is 1. The van der Waals surface area contributed by atoms with Crippen LogP contribution in [0.25, 0.3) is 5.57 Å². The average Bonchev–Trinajstić information content (AvgIpc) is 2.45. The normalized spacial score (nSPS) is 15.3. The van der Waals surface area contributed by atoms with Crippen molar-refractivity contribution in [1.29, 1.82) is 0 Å². The van der Waals surface area contributed by atoms with Crippen molar-refractivity contribution in [3.05, 3.63) is 64.1 Å². The number of hydrogen-bond donors (Lipinski definition) is 1. The van der Waals surface area contributed by atoms with Crippen LogP contribution in [0.4, 0.5) is 5.69 Å². The van der Waals surface area contributed by atoms with E-state index in [2.05, 4.69) is 6.08 Å². The highest BCUT2D eigenvalue weighted by atomic mass is 16.6. The summed E-state index contributed by atoms with van der Waals surface area (Å²) >= 11 is 0. The Morgan fingerprint density at radius 3 is 2.68 bits per heavy atom. The topological polar surface area (TPSA) is 69.2 Å². The number of rotatable bonds is 5. The van der Waals surface area contributed by atoms with Crippen molar-refractivity contribution in [2.24, 2.45) is 5.73 Å². The Bertz CT molecular complexity index is 521. The van der Waals surface area contributed by atoms with E-state index in [9.17, 15) is 10.1 Å². The molecule has 0 aliphatic heterocycles. The van der Waals surface area contributed by atoms with Gasteiger partial charge in [0.05, 0.1) is 10.5 Å². The average molecular weight is 257 g/mol. The minimum absolute atomic E-state index is 0.156. The zero-order valence-corrected chi connectivity index (χ0v) is 10.7. The van der Waals surface area contributed by atoms with Gasteiger partial charge in [0, 0.05) is 12.0 Å². The van der Waals surface area contributed by atoms with Crippen LogP contribution in [0.3, 0.4) is 0 Å². The molecule has 0 atom stereocenters. The molecule has 0 bridgehead atoms. The SMILES string of the molecule is NCCC[C]1C=CC(c2ccccc2[N+](=O)[O-])=CC1. The quantitative estimate of drug-likeness (QED) is 0.650. The number of benzene rings is 1. The van der Waals surface area contributed by atoms with E-state index >= 15 is 0 Å². The molecule has 0 heterocycles. The van der Waals surface area contributed by atoms with Gasteiger partial charge in [-0.2, -0.15) is 0 Å². The zero-order chi connectivity index (χ0) is 13.7. The predicted octanol–water partition coefficient (Wildman–Crippen LogP) is 3.25. The molecule has 1 radical (unpaired) electrons. The van der Waals surface area contributed by atoms with E-state index in [4.69, 9.17) is 5.73 Å². The van der Waals surface area contributed by atoms with Crippen molar-refractivity contribution in [3.8, 4) is 0 Å². The molecule has 0 saturated carbocycles. The van der Waals surface area contributed by atoms with E-state index in [0.717, 1.165) is 24.8 Å². The molecule has 19 heavy (non-hydrogen) atoms. The van der Waals surface area contributed by atoms with Crippen molar-refractivity contribution >= 4 is 11.3 Å². The molecule has 2 N–H and O–H groups in total. The second-order valence-corrected chi connectivity index (χ2v) is 4.52. The number of hydrogen-bond acceptors (Lipinski definition) is 3. The minimum atomic E-state index is -0.336. The van der Waals surface area contributed by atoms with E-state index < -0.39 is 0 Å². The van der Waals surface area contributed by atoms with Gasteiger partial charge in [0.25, 0.3) is 5.69 Å². The van der Waals surface area contributed by atoms with Crippen LogP contribution in [0, 0.1) is 16.0 Å². The van der Waals surface area contributed by atoms with Crippen molar-refractivity contribution in [1.82, 2.24) is 0 Å². The fourth-order valence-electron chi connectivity index (χ4n) is 2.18. The standard InChI is InChI=1S/C15H17N2O2/c16-11-3-4-12-7-9-13(10-8-12)14-5-1-2-6-15(14)17(18)19/h1-2,5-7,9-10H,3-4,8,11,16H2. The van der Waals surface area contributed by atoms with Crippen LogP contribution in [0.2, 0.25) is 0 Å². The molecule has 0 spiro atoms. The van der Waals surface area contributed by atoms with Gasteiger partial charge < -0.3 is 5.73 Å². The maximum atomic E-state index is 11.0. The third-order valence-corrected chi connectivity index (χ3v) is 3.20. The lowest BCUT2D eigenvalue weighted by Gasteiger charge is -2.15. The van der Waals surface area contributed by atoms with Gasteiger partial charge in [-0.3, -0.25) is 10.1 Å². The molecule has 0 aromatic heterocycles. The summed E-state index contributed by atoms with van der Waals surface area (Å²) in [5, 5.41) is 11.0. The monoisotopic (exact) mass is 257 g/mol. The van der Waals surface area contributed by atoms with Crippen molar-refractivity contribution in [3.63, 3.8) is 0 Å². The lowest BCUT2D eigenvalue weighted by atomic mass is 9.90. The number of nitrogens with two attached hydrogens (primary N) is 1. The zero-order valence-electron chi connectivity index (χ0n) is 10.7. The molecule has 1 aromatic carbocycles. The maximum Gasteiger partial charge on any atom is 0.277 e. The van der Waals surface area contributed by atoms with Crippen molar-refractivity contribution in [2.45, 2.75) is 19.3 Å². The number of para-hydroxylation sites is 1. The highest BCUT2D eigenvalue weighted by Gasteiger charge is 2.17. The molecule has 99 valence electrons. The summed E-state index contributed by atoms with van der Waals surface area (Å²) in [7, 11) is 0. The summed E-state index contributed by atoms with van der Waals surface area (Å²) in [5.41, 5.74) is 7.25. The maximum absolute atomic E-state index is 11.0. The first-order chi connectivity index (χ1) is 9.22. The van der Waals surface area contributed by atoms with Gasteiger partial charge in [-0.1, -0.05) is 30.4 Å². The first-order valence-corrected chi connectivity index (χ1v) is 6.39. The summed E-state index contributed by atoms with van der Waals surface area (Å²) in [6.07, 6.45) is 8.88. The summed E-state index contributed by atoms with van der Waals surface area (Å²) in [5.74, 6) is 1.33. The van der Waals surface area contributed by atoms with Crippen molar-refractivity contribution in [2.75, 3.05) is 6.54 Å². The van der Waals surface area contributed by atoms with E-state index in [-0.39, 0.29) is 10.6 Å². The Morgan fingerprint density at radius 2 is 2.05 bits per heavy atom. The van der Waals surface area contributed by atoms with Crippen LogP contribution in [-0.4, -0.2) is 11.5 Å². The first kappa shape index (κ1) is 13.5. The predicted molar refractivity (Wildman–Crippen MR) is 76.4 cm³/mol. The number of nitro groups is 1. The van der Waals surface area contributed by atoms with E-state index in [0.29, 0.717) is 12.1 Å². The minimum Gasteiger partial charge on any atom is -0.330 e. The molecule has 1 aliphatic carbocycles. The third-order valence-electron chi connectivity index (χ3n) is 3.20. The van der Waals surface area contributed by atoms with Gasteiger partial charge >= 0.3 is 0 Å². The summed E-state index contributed by atoms with van der Waals surface area (Å²) in [4.78, 5) is 10.7. The number of nitro benzene ring substituents is 1. The van der Waals surface area contributed by atoms with Crippen LogP contribution < -0.4 is 5.73 Å².